The predicted octanol–water partition coefficient (Wildman–Crippen LogP) is -1.29. The second-order valence-corrected chi connectivity index (χ2v) is 1.55. The molecular formula is C5H6N4O3. The summed E-state index contributed by atoms with van der Waals surface area (Å²) in [4.78, 5) is 25.0. The Bertz CT molecular complexity index is 264. The van der Waals surface area contributed by atoms with Gasteiger partial charge >= 0.3 is 6.03 Å². The lowest BCUT2D eigenvalue weighted by atomic mass is 10.4. The lowest BCUT2D eigenvalue weighted by molar-refractivity contribution is -0.113. The SMILES string of the molecule is CO/N=C(\C#N)C(=O)NC(N)=O. The molecule has 0 aliphatic carbocycles. The molecule has 0 aliphatic heterocycles. The van der Waals surface area contributed by atoms with Gasteiger partial charge in [-0.25, -0.2) is 4.79 Å². The summed E-state index contributed by atoms with van der Waals surface area (Å²) in [7, 11) is 1.16. The van der Waals surface area contributed by atoms with Crippen molar-refractivity contribution in [2.45, 2.75) is 0 Å². The van der Waals surface area contributed by atoms with Gasteiger partial charge in [0.15, 0.2) is 0 Å². The molecule has 3 N–H and O–H groups in total. The molecule has 0 saturated carbocycles. The number of hydrogen-bond acceptors (Lipinski definition) is 5. The predicted molar refractivity (Wildman–Crippen MR) is 37.8 cm³/mol. The molecule has 0 radical (unpaired) electrons. The van der Waals surface area contributed by atoms with Crippen LogP contribution in [0.5, 0.6) is 0 Å². The molecule has 12 heavy (non-hydrogen) atoms. The van der Waals surface area contributed by atoms with Crippen LogP contribution in [0.3, 0.4) is 0 Å². The minimum atomic E-state index is -1.06. The molecule has 0 spiro atoms. The number of urea groups is 1. The Kier molecular flexibility index (Phi) is 3.86. The molecule has 0 aromatic rings. The fraction of sp³-hybridized carbons (Fsp3) is 0.200. The van der Waals surface area contributed by atoms with E-state index in [9.17, 15) is 9.59 Å². The van der Waals surface area contributed by atoms with E-state index in [4.69, 9.17) is 5.26 Å². The minimum absolute atomic E-state index is 0.573. The average molecular weight is 170 g/mol. The summed E-state index contributed by atoms with van der Waals surface area (Å²) in [5, 5.41) is 12.9. The number of nitrogens with two attached hydrogens (primary N) is 1. The number of primary amides is 1. The molecule has 0 aliphatic rings. The van der Waals surface area contributed by atoms with Gasteiger partial charge in [0.25, 0.3) is 5.91 Å². The number of hydrogen-bond donors (Lipinski definition) is 2. The van der Waals surface area contributed by atoms with Crippen molar-refractivity contribution in [3.63, 3.8) is 0 Å². The molecule has 0 bridgehead atoms. The van der Waals surface area contributed by atoms with E-state index in [0.717, 1.165) is 7.11 Å². The van der Waals surface area contributed by atoms with E-state index >= 15 is 0 Å². The maximum Gasteiger partial charge on any atom is 0.319 e. The third-order valence-corrected chi connectivity index (χ3v) is 0.740. The van der Waals surface area contributed by atoms with E-state index in [1.54, 1.807) is 5.32 Å². The van der Waals surface area contributed by atoms with E-state index in [-0.39, 0.29) is 0 Å². The number of carbonyl (C=O) groups is 2. The van der Waals surface area contributed by atoms with Crippen LogP contribution in [-0.2, 0) is 9.63 Å². The van der Waals surface area contributed by atoms with Gasteiger partial charge in [0.2, 0.25) is 5.71 Å². The Morgan fingerprint density at radius 3 is 2.58 bits per heavy atom. The highest BCUT2D eigenvalue weighted by Gasteiger charge is 2.12. The molecule has 0 unspecified atom stereocenters. The molecule has 0 atom stereocenters. The summed E-state index contributed by atoms with van der Waals surface area (Å²) < 4.78 is 0. The highest BCUT2D eigenvalue weighted by molar-refractivity contribution is 6.46. The summed E-state index contributed by atoms with van der Waals surface area (Å²) in [6.45, 7) is 0. The summed E-state index contributed by atoms with van der Waals surface area (Å²) in [6.07, 6.45) is 0. The first-order valence-electron chi connectivity index (χ1n) is 2.73. The summed E-state index contributed by atoms with van der Waals surface area (Å²) in [5.41, 5.74) is 4.03. The second-order valence-electron chi connectivity index (χ2n) is 1.55. The maximum absolute atomic E-state index is 10.7. The minimum Gasteiger partial charge on any atom is -0.398 e. The molecule has 0 aromatic heterocycles. The molecule has 64 valence electrons. The first-order chi connectivity index (χ1) is 5.61. The topological polar surface area (TPSA) is 118 Å². The average Bonchev–Trinajstić information content (AvgIpc) is 1.98. The molecule has 7 heteroatoms. The Labute approximate surface area is 67.8 Å². The number of carbonyl (C=O) groups excluding carboxylic acids is 2. The number of nitrogens with one attached hydrogen (secondary N) is 1. The smallest absolute Gasteiger partial charge is 0.319 e. The van der Waals surface area contributed by atoms with Crippen LogP contribution in [0.1, 0.15) is 0 Å². The zero-order valence-electron chi connectivity index (χ0n) is 6.20. The molecule has 0 aromatic carbocycles. The van der Waals surface area contributed by atoms with E-state index in [2.05, 4.69) is 15.7 Å². The molecule has 7 nitrogen and oxygen atoms in total. The summed E-state index contributed by atoms with van der Waals surface area (Å²) >= 11 is 0. The van der Waals surface area contributed by atoms with Crippen LogP contribution in [0.25, 0.3) is 0 Å². The largest absolute Gasteiger partial charge is 0.398 e. The molecule has 0 saturated heterocycles. The van der Waals surface area contributed by atoms with E-state index in [0.29, 0.717) is 0 Å². The van der Waals surface area contributed by atoms with Crippen molar-refractivity contribution in [1.29, 1.82) is 5.26 Å². The second kappa shape index (κ2) is 4.68. The molecule has 0 fully saturated rings. The first kappa shape index (κ1) is 9.90. The lowest BCUT2D eigenvalue weighted by Gasteiger charge is -1.95. The fourth-order valence-electron chi connectivity index (χ4n) is 0.375. The van der Waals surface area contributed by atoms with Crippen molar-refractivity contribution < 1.29 is 14.4 Å². The number of amides is 3. The normalized spacial score (nSPS) is 9.83. The summed E-state index contributed by atoms with van der Waals surface area (Å²) in [6, 6.07) is 0.357. The molecule has 3 amide bonds. The Hall–Kier alpha value is -2.10. The van der Waals surface area contributed by atoms with Gasteiger partial charge in [0, 0.05) is 0 Å². The van der Waals surface area contributed by atoms with Crippen molar-refractivity contribution in [3.05, 3.63) is 0 Å². The Morgan fingerprint density at radius 2 is 2.25 bits per heavy atom. The van der Waals surface area contributed by atoms with Gasteiger partial charge < -0.3 is 10.6 Å². The number of imide groups is 1. The zero-order valence-corrected chi connectivity index (χ0v) is 6.20. The Morgan fingerprint density at radius 1 is 1.67 bits per heavy atom. The van der Waals surface area contributed by atoms with E-state index in [1.165, 1.54) is 6.07 Å². The van der Waals surface area contributed by atoms with Crippen molar-refractivity contribution in [2.24, 2.45) is 10.9 Å². The van der Waals surface area contributed by atoms with E-state index in [1.807, 2.05) is 0 Å². The quantitative estimate of drug-likeness (QED) is 0.395. The van der Waals surface area contributed by atoms with Crippen LogP contribution in [0, 0.1) is 11.3 Å². The van der Waals surface area contributed by atoms with Crippen molar-refractivity contribution >= 4 is 17.6 Å². The van der Waals surface area contributed by atoms with E-state index < -0.39 is 17.6 Å². The molecule has 0 rings (SSSR count). The number of nitriles is 1. The van der Waals surface area contributed by atoms with Crippen molar-refractivity contribution in [3.8, 4) is 6.07 Å². The van der Waals surface area contributed by atoms with Gasteiger partial charge in [-0.15, -0.1) is 0 Å². The van der Waals surface area contributed by atoms with Crippen LogP contribution in [0.2, 0.25) is 0 Å². The van der Waals surface area contributed by atoms with Gasteiger partial charge in [-0.2, -0.15) is 5.26 Å². The fourth-order valence-corrected chi connectivity index (χ4v) is 0.375. The maximum atomic E-state index is 10.7. The highest BCUT2D eigenvalue weighted by atomic mass is 16.6. The van der Waals surface area contributed by atoms with Crippen molar-refractivity contribution in [1.82, 2.24) is 5.32 Å². The highest BCUT2D eigenvalue weighted by Crippen LogP contribution is 1.78. The zero-order chi connectivity index (χ0) is 9.56. The standard InChI is InChI=1S/C5H6N4O3/c1-12-9-3(2-6)4(10)8-5(7)11/h1H3,(H3,7,8,10,11)/b9-3+. The molecule has 0 heterocycles. The lowest BCUT2D eigenvalue weighted by Crippen LogP contribution is -2.39. The van der Waals surface area contributed by atoms with Crippen LogP contribution in [-0.4, -0.2) is 24.8 Å². The number of rotatable bonds is 2. The first-order valence-corrected chi connectivity index (χ1v) is 2.73. The van der Waals surface area contributed by atoms with Gasteiger partial charge in [-0.05, 0) is 0 Å². The molecular weight excluding hydrogens is 164 g/mol. The van der Waals surface area contributed by atoms with Crippen LogP contribution >= 0.6 is 0 Å². The third-order valence-electron chi connectivity index (χ3n) is 0.740. The van der Waals surface area contributed by atoms with Crippen LogP contribution in [0.15, 0.2) is 5.16 Å². The van der Waals surface area contributed by atoms with Gasteiger partial charge in [0.1, 0.15) is 13.2 Å². The third kappa shape index (κ3) is 3.17. The summed E-state index contributed by atoms with van der Waals surface area (Å²) in [5.74, 6) is -0.994. The van der Waals surface area contributed by atoms with Crippen molar-refractivity contribution in [2.75, 3.05) is 7.11 Å². The van der Waals surface area contributed by atoms with Crippen LogP contribution < -0.4 is 11.1 Å². The van der Waals surface area contributed by atoms with Gasteiger partial charge in [-0.3, -0.25) is 10.1 Å². The number of nitrogens with zero attached hydrogens (tertiary/aromatic N) is 2. The van der Waals surface area contributed by atoms with Crippen LogP contribution in [0.4, 0.5) is 4.79 Å². The van der Waals surface area contributed by atoms with Gasteiger partial charge in [-0.1, -0.05) is 5.16 Å². The number of oxime groups is 1. The monoisotopic (exact) mass is 170 g/mol. The Balaban J connectivity index is 4.36. The van der Waals surface area contributed by atoms with Gasteiger partial charge in [0.05, 0.1) is 0 Å².